The molecule has 1 aliphatic heterocycles. The lowest BCUT2D eigenvalue weighted by Crippen LogP contribution is -2.34. The molecule has 0 aromatic heterocycles. The maximum absolute atomic E-state index is 13.1. The van der Waals surface area contributed by atoms with Gasteiger partial charge in [0.15, 0.2) is 11.7 Å². The number of halogens is 2. The topological polar surface area (TPSA) is 157 Å². The predicted octanol–water partition coefficient (Wildman–Crippen LogP) is 5.30. The summed E-state index contributed by atoms with van der Waals surface area (Å²) in [5.41, 5.74) is 14.1. The van der Waals surface area contributed by atoms with Gasteiger partial charge in [0.25, 0.3) is 0 Å². The SMILES string of the molecule is NC(N)=Nc1ccc2c(c1)C(CCC(=O)NCC(CC(=O)c1c(Cl)cc(-c3ccccc3)cc1Cl)C(=O)O)CCO2. The highest BCUT2D eigenvalue weighted by molar-refractivity contribution is 6.40. The quantitative estimate of drug-likeness (QED) is 0.133. The Morgan fingerprint density at radius 2 is 1.73 bits per heavy atom. The number of aliphatic imine (C=N–C) groups is 1. The summed E-state index contributed by atoms with van der Waals surface area (Å²) in [6, 6.07) is 18.0. The van der Waals surface area contributed by atoms with Gasteiger partial charge in [-0.1, -0.05) is 53.5 Å². The number of ether oxygens (including phenoxy) is 1. The lowest BCUT2D eigenvalue weighted by molar-refractivity contribution is -0.141. The summed E-state index contributed by atoms with van der Waals surface area (Å²) >= 11 is 12.8. The van der Waals surface area contributed by atoms with Crippen molar-refractivity contribution >= 4 is 52.5 Å². The van der Waals surface area contributed by atoms with Crippen LogP contribution in [0.3, 0.4) is 0 Å². The van der Waals surface area contributed by atoms with Crippen molar-refractivity contribution in [2.45, 2.75) is 31.6 Å². The van der Waals surface area contributed by atoms with Crippen LogP contribution >= 0.6 is 23.2 Å². The van der Waals surface area contributed by atoms with Crippen LogP contribution < -0.4 is 21.5 Å². The Bertz CT molecular complexity index is 1450. The lowest BCUT2D eigenvalue weighted by Gasteiger charge is -2.26. The standard InChI is InChI=1S/C30H30Cl2N4O5/c31-23-12-19(17-4-2-1-3-5-17)13-24(32)28(23)25(37)14-20(29(39)40)16-35-27(38)9-6-18-10-11-41-26-8-7-21(15-22(18)26)36-30(33)34/h1-5,7-8,12-13,15,18,20H,6,9-11,14,16H2,(H,35,38)(H,39,40)(H4,33,34,36). The third-order valence-electron chi connectivity index (χ3n) is 6.89. The van der Waals surface area contributed by atoms with Crippen molar-refractivity contribution in [2.75, 3.05) is 13.2 Å². The summed E-state index contributed by atoms with van der Waals surface area (Å²) in [7, 11) is 0. The number of carbonyl (C=O) groups is 3. The van der Waals surface area contributed by atoms with Gasteiger partial charge in [-0.25, -0.2) is 4.99 Å². The van der Waals surface area contributed by atoms with Gasteiger partial charge >= 0.3 is 5.97 Å². The van der Waals surface area contributed by atoms with Gasteiger partial charge < -0.3 is 26.6 Å². The number of ketones is 1. The highest BCUT2D eigenvalue weighted by Gasteiger charge is 2.27. The minimum atomic E-state index is -1.21. The molecular formula is C30H30Cl2N4O5. The fourth-order valence-electron chi connectivity index (χ4n) is 4.81. The molecule has 6 N–H and O–H groups in total. The molecule has 1 amide bonds. The molecule has 2 unspecified atom stereocenters. The number of fused-ring (bicyclic) bond motifs is 1. The largest absolute Gasteiger partial charge is 0.493 e. The third-order valence-corrected chi connectivity index (χ3v) is 7.49. The van der Waals surface area contributed by atoms with Crippen LogP contribution in [0.1, 0.15) is 47.5 Å². The van der Waals surface area contributed by atoms with Gasteiger partial charge in [-0.2, -0.15) is 0 Å². The van der Waals surface area contributed by atoms with Crippen LogP contribution in [0.4, 0.5) is 5.69 Å². The average Bonchev–Trinajstić information content (AvgIpc) is 2.93. The van der Waals surface area contributed by atoms with Crippen molar-refractivity contribution in [1.82, 2.24) is 5.32 Å². The number of carboxylic acids is 1. The third kappa shape index (κ3) is 7.77. The van der Waals surface area contributed by atoms with Gasteiger partial charge in [-0.3, -0.25) is 14.4 Å². The summed E-state index contributed by atoms with van der Waals surface area (Å²) in [6.45, 7) is 0.303. The molecule has 4 rings (SSSR count). The number of aliphatic carboxylic acids is 1. The number of hydrogen-bond acceptors (Lipinski definition) is 5. The fraction of sp³-hybridized carbons (Fsp3) is 0.267. The van der Waals surface area contributed by atoms with E-state index in [0.29, 0.717) is 25.1 Å². The molecule has 1 heterocycles. The van der Waals surface area contributed by atoms with Crippen molar-refractivity contribution < 1.29 is 24.2 Å². The van der Waals surface area contributed by atoms with Gasteiger partial charge in [0, 0.05) is 19.4 Å². The number of hydrogen-bond donors (Lipinski definition) is 4. The van der Waals surface area contributed by atoms with E-state index in [1.165, 1.54) is 0 Å². The van der Waals surface area contributed by atoms with Gasteiger partial charge in [0.1, 0.15) is 5.75 Å². The van der Waals surface area contributed by atoms with Crippen molar-refractivity contribution in [3.8, 4) is 16.9 Å². The van der Waals surface area contributed by atoms with E-state index in [2.05, 4.69) is 10.3 Å². The number of amides is 1. The van der Waals surface area contributed by atoms with Gasteiger partial charge in [0.2, 0.25) is 5.91 Å². The summed E-state index contributed by atoms with van der Waals surface area (Å²) in [4.78, 5) is 41.7. The zero-order chi connectivity index (χ0) is 29.5. The predicted molar refractivity (Wildman–Crippen MR) is 159 cm³/mol. The first-order valence-electron chi connectivity index (χ1n) is 13.1. The van der Waals surface area contributed by atoms with E-state index in [1.54, 1.807) is 24.3 Å². The number of carboxylic acid groups (broad SMARTS) is 1. The second-order valence-electron chi connectivity index (χ2n) is 9.78. The van der Waals surface area contributed by atoms with E-state index < -0.39 is 17.7 Å². The number of nitrogens with zero attached hydrogens (tertiary/aromatic N) is 1. The highest BCUT2D eigenvalue weighted by Crippen LogP contribution is 2.39. The maximum Gasteiger partial charge on any atom is 0.308 e. The summed E-state index contributed by atoms with van der Waals surface area (Å²) < 4.78 is 5.72. The molecule has 9 nitrogen and oxygen atoms in total. The van der Waals surface area contributed by atoms with E-state index in [0.717, 1.165) is 22.4 Å². The van der Waals surface area contributed by atoms with Gasteiger partial charge in [0.05, 0.1) is 33.8 Å². The van der Waals surface area contributed by atoms with E-state index in [4.69, 9.17) is 39.4 Å². The van der Waals surface area contributed by atoms with E-state index in [9.17, 15) is 19.5 Å². The number of benzene rings is 3. The Morgan fingerprint density at radius 1 is 1.02 bits per heavy atom. The van der Waals surface area contributed by atoms with Crippen LogP contribution in [0.2, 0.25) is 10.0 Å². The Kier molecular flexibility index (Phi) is 9.86. The maximum atomic E-state index is 13.1. The van der Waals surface area contributed by atoms with Crippen molar-refractivity contribution in [3.63, 3.8) is 0 Å². The monoisotopic (exact) mass is 596 g/mol. The molecule has 2 atom stereocenters. The van der Waals surface area contributed by atoms with E-state index in [1.807, 2.05) is 36.4 Å². The Hall–Kier alpha value is -4.08. The molecule has 0 radical (unpaired) electrons. The summed E-state index contributed by atoms with van der Waals surface area (Å²) in [5.74, 6) is -2.50. The second kappa shape index (κ2) is 13.5. The van der Waals surface area contributed by atoms with Crippen LogP contribution in [-0.2, 0) is 9.59 Å². The average molecular weight is 597 g/mol. The molecule has 3 aromatic rings. The number of carbonyl (C=O) groups excluding carboxylic acids is 2. The van der Waals surface area contributed by atoms with Crippen LogP contribution in [0.25, 0.3) is 11.1 Å². The molecule has 0 aliphatic carbocycles. The molecular weight excluding hydrogens is 567 g/mol. The molecule has 214 valence electrons. The highest BCUT2D eigenvalue weighted by atomic mass is 35.5. The Balaban J connectivity index is 1.35. The summed E-state index contributed by atoms with van der Waals surface area (Å²) in [6.07, 6.45) is 1.02. The first kappa shape index (κ1) is 29.9. The Morgan fingerprint density at radius 3 is 2.39 bits per heavy atom. The molecule has 1 aliphatic rings. The molecule has 0 spiro atoms. The van der Waals surface area contributed by atoms with Gasteiger partial charge in [-0.15, -0.1) is 0 Å². The fourth-order valence-corrected chi connectivity index (χ4v) is 5.51. The molecule has 11 heteroatoms. The number of Topliss-reactive ketones (excluding diaryl/α,β-unsaturated/α-hetero) is 1. The molecule has 0 fully saturated rings. The first-order chi connectivity index (χ1) is 19.6. The minimum absolute atomic E-state index is 0.0404. The van der Waals surface area contributed by atoms with Crippen molar-refractivity contribution in [3.05, 3.63) is 81.8 Å². The number of guanidine groups is 1. The van der Waals surface area contributed by atoms with Crippen molar-refractivity contribution in [2.24, 2.45) is 22.4 Å². The smallest absolute Gasteiger partial charge is 0.308 e. The van der Waals surface area contributed by atoms with Gasteiger partial charge in [-0.05, 0) is 65.8 Å². The van der Waals surface area contributed by atoms with E-state index >= 15 is 0 Å². The van der Waals surface area contributed by atoms with Crippen LogP contribution in [0, 0.1) is 5.92 Å². The molecule has 0 saturated carbocycles. The minimum Gasteiger partial charge on any atom is -0.493 e. The number of nitrogens with two attached hydrogens (primary N) is 2. The summed E-state index contributed by atoms with van der Waals surface area (Å²) in [5, 5.41) is 12.7. The lowest BCUT2D eigenvalue weighted by atomic mass is 9.88. The van der Waals surface area contributed by atoms with Crippen molar-refractivity contribution in [1.29, 1.82) is 0 Å². The molecule has 0 saturated heterocycles. The first-order valence-corrected chi connectivity index (χ1v) is 13.8. The normalized spacial score (nSPS) is 14.7. The van der Waals surface area contributed by atoms with Crippen LogP contribution in [0.5, 0.6) is 5.75 Å². The van der Waals surface area contributed by atoms with Crippen LogP contribution in [0.15, 0.2) is 65.7 Å². The molecule has 3 aromatic carbocycles. The number of rotatable bonds is 11. The molecule has 0 bridgehead atoms. The van der Waals surface area contributed by atoms with Crippen LogP contribution in [-0.4, -0.2) is 41.9 Å². The molecule has 41 heavy (non-hydrogen) atoms. The zero-order valence-corrected chi connectivity index (χ0v) is 23.6. The number of nitrogens with one attached hydrogen (secondary N) is 1. The second-order valence-corrected chi connectivity index (χ2v) is 10.6. The van der Waals surface area contributed by atoms with E-state index in [-0.39, 0.29) is 52.8 Å². The zero-order valence-electron chi connectivity index (χ0n) is 22.1. The Labute approximate surface area is 247 Å².